The van der Waals surface area contributed by atoms with Gasteiger partial charge in [-0.2, -0.15) is 0 Å². The Labute approximate surface area is 110 Å². The zero-order chi connectivity index (χ0) is 14.0. The molecule has 0 spiro atoms. The monoisotopic (exact) mass is 255 g/mol. The lowest BCUT2D eigenvalue weighted by Crippen LogP contribution is -1.94. The summed E-state index contributed by atoms with van der Waals surface area (Å²) >= 11 is 0. The van der Waals surface area contributed by atoms with Crippen molar-refractivity contribution in [3.05, 3.63) is 63.2 Å². The SMILES string of the molecule is Cc1cc(C)cc(-c2ccc(C=O)cc2[N+](=O)[O-])c1. The fraction of sp³-hybridized carbons (Fsp3) is 0.133. The van der Waals surface area contributed by atoms with Crippen molar-refractivity contribution in [2.75, 3.05) is 0 Å². The molecule has 0 saturated carbocycles. The van der Waals surface area contributed by atoms with Gasteiger partial charge in [0, 0.05) is 11.6 Å². The molecule has 0 heterocycles. The average Bonchev–Trinajstić information content (AvgIpc) is 2.36. The molecule has 0 aromatic heterocycles. The Bertz CT molecular complexity index is 642. The van der Waals surface area contributed by atoms with Gasteiger partial charge in [-0.25, -0.2) is 0 Å². The molecule has 2 aromatic rings. The topological polar surface area (TPSA) is 60.2 Å². The van der Waals surface area contributed by atoms with Crippen molar-refractivity contribution in [3.63, 3.8) is 0 Å². The van der Waals surface area contributed by atoms with Crippen molar-refractivity contribution in [1.29, 1.82) is 0 Å². The molecule has 4 nitrogen and oxygen atoms in total. The molecule has 0 N–H and O–H groups in total. The maximum atomic E-state index is 11.1. The lowest BCUT2D eigenvalue weighted by Gasteiger charge is -2.06. The summed E-state index contributed by atoms with van der Waals surface area (Å²) in [4.78, 5) is 21.4. The van der Waals surface area contributed by atoms with Gasteiger partial charge in [0.15, 0.2) is 0 Å². The van der Waals surface area contributed by atoms with Gasteiger partial charge in [0.05, 0.1) is 10.5 Å². The minimum atomic E-state index is -0.458. The van der Waals surface area contributed by atoms with Crippen LogP contribution in [0.1, 0.15) is 21.5 Å². The Morgan fingerprint density at radius 3 is 2.21 bits per heavy atom. The number of carbonyl (C=O) groups excluding carboxylic acids is 1. The van der Waals surface area contributed by atoms with E-state index in [1.807, 2.05) is 32.0 Å². The number of benzene rings is 2. The van der Waals surface area contributed by atoms with Crippen molar-refractivity contribution >= 4 is 12.0 Å². The summed E-state index contributed by atoms with van der Waals surface area (Å²) in [7, 11) is 0. The van der Waals surface area contributed by atoms with Gasteiger partial charge in [0.2, 0.25) is 0 Å². The summed E-state index contributed by atoms with van der Waals surface area (Å²) in [6.07, 6.45) is 0.609. The van der Waals surface area contributed by atoms with Gasteiger partial charge < -0.3 is 0 Å². The lowest BCUT2D eigenvalue weighted by molar-refractivity contribution is -0.384. The Kier molecular flexibility index (Phi) is 3.42. The number of aldehydes is 1. The largest absolute Gasteiger partial charge is 0.298 e. The van der Waals surface area contributed by atoms with Crippen LogP contribution in [0.15, 0.2) is 36.4 Å². The maximum absolute atomic E-state index is 11.1. The Hall–Kier alpha value is -2.49. The van der Waals surface area contributed by atoms with Crippen LogP contribution in [0, 0.1) is 24.0 Å². The van der Waals surface area contributed by atoms with Crippen LogP contribution in [-0.4, -0.2) is 11.2 Å². The van der Waals surface area contributed by atoms with Gasteiger partial charge in [0.1, 0.15) is 6.29 Å². The molecule has 0 saturated heterocycles. The molecule has 0 unspecified atom stereocenters. The van der Waals surface area contributed by atoms with Crippen LogP contribution >= 0.6 is 0 Å². The van der Waals surface area contributed by atoms with Crippen LogP contribution < -0.4 is 0 Å². The van der Waals surface area contributed by atoms with Crippen LogP contribution in [0.4, 0.5) is 5.69 Å². The molecule has 0 aliphatic rings. The Morgan fingerprint density at radius 1 is 1.05 bits per heavy atom. The second kappa shape index (κ2) is 5.02. The number of aryl methyl sites for hydroxylation is 2. The van der Waals surface area contributed by atoms with Crippen molar-refractivity contribution < 1.29 is 9.72 Å². The number of carbonyl (C=O) groups is 1. The molecule has 2 aromatic carbocycles. The molecule has 0 radical (unpaired) electrons. The first-order valence-electron chi connectivity index (χ1n) is 5.83. The predicted molar refractivity (Wildman–Crippen MR) is 73.4 cm³/mol. The fourth-order valence-corrected chi connectivity index (χ4v) is 2.15. The van der Waals surface area contributed by atoms with Crippen LogP contribution in [0.2, 0.25) is 0 Å². The lowest BCUT2D eigenvalue weighted by atomic mass is 9.98. The molecule has 2 rings (SSSR count). The van der Waals surface area contributed by atoms with Gasteiger partial charge in [0.25, 0.3) is 5.69 Å². The third-order valence-electron chi connectivity index (χ3n) is 2.89. The predicted octanol–water partition coefficient (Wildman–Crippen LogP) is 3.69. The first-order valence-corrected chi connectivity index (χ1v) is 5.83. The third-order valence-corrected chi connectivity index (χ3v) is 2.89. The highest BCUT2D eigenvalue weighted by molar-refractivity contribution is 5.82. The molecule has 4 heteroatoms. The fourth-order valence-electron chi connectivity index (χ4n) is 2.15. The van der Waals surface area contributed by atoms with E-state index in [4.69, 9.17) is 0 Å². The van der Waals surface area contributed by atoms with Gasteiger partial charge in [-0.1, -0.05) is 35.4 Å². The van der Waals surface area contributed by atoms with E-state index in [1.54, 1.807) is 12.1 Å². The number of nitro benzene ring substituents is 1. The van der Waals surface area contributed by atoms with E-state index in [0.717, 1.165) is 16.7 Å². The van der Waals surface area contributed by atoms with Crippen LogP contribution in [0.25, 0.3) is 11.1 Å². The van der Waals surface area contributed by atoms with Crippen LogP contribution in [0.5, 0.6) is 0 Å². The molecule has 0 bridgehead atoms. The van der Waals surface area contributed by atoms with E-state index in [2.05, 4.69) is 0 Å². The molecule has 0 amide bonds. The second-order valence-corrected chi connectivity index (χ2v) is 4.53. The van der Waals surface area contributed by atoms with Gasteiger partial charge in [-0.3, -0.25) is 14.9 Å². The molecule has 96 valence electrons. The van der Waals surface area contributed by atoms with Crippen molar-refractivity contribution in [2.45, 2.75) is 13.8 Å². The second-order valence-electron chi connectivity index (χ2n) is 4.53. The van der Waals surface area contributed by atoms with E-state index in [1.165, 1.54) is 6.07 Å². The highest BCUT2D eigenvalue weighted by atomic mass is 16.6. The minimum Gasteiger partial charge on any atom is -0.298 e. The Balaban J connectivity index is 2.67. The van der Waals surface area contributed by atoms with Crippen LogP contribution in [-0.2, 0) is 0 Å². The molecular weight excluding hydrogens is 242 g/mol. The quantitative estimate of drug-likeness (QED) is 0.477. The van der Waals surface area contributed by atoms with Crippen molar-refractivity contribution in [2.24, 2.45) is 0 Å². The first kappa shape index (κ1) is 13.0. The normalized spacial score (nSPS) is 10.2. The van der Waals surface area contributed by atoms with E-state index < -0.39 is 4.92 Å². The summed E-state index contributed by atoms with van der Waals surface area (Å²) in [5.41, 5.74) is 3.67. The molecular formula is C15H13NO3. The summed E-state index contributed by atoms with van der Waals surface area (Å²) in [6.45, 7) is 3.89. The highest BCUT2D eigenvalue weighted by Crippen LogP contribution is 2.31. The zero-order valence-corrected chi connectivity index (χ0v) is 10.7. The number of rotatable bonds is 3. The molecule has 0 atom stereocenters. The smallest absolute Gasteiger partial charge is 0.277 e. The van der Waals surface area contributed by atoms with E-state index in [9.17, 15) is 14.9 Å². The first-order chi connectivity index (χ1) is 9.01. The van der Waals surface area contributed by atoms with E-state index in [-0.39, 0.29) is 5.69 Å². The Morgan fingerprint density at radius 2 is 1.68 bits per heavy atom. The summed E-state index contributed by atoms with van der Waals surface area (Å²) in [5.74, 6) is 0. The number of nitrogens with zero attached hydrogens (tertiary/aromatic N) is 1. The maximum Gasteiger partial charge on any atom is 0.277 e. The molecule has 0 fully saturated rings. The average molecular weight is 255 g/mol. The zero-order valence-electron chi connectivity index (χ0n) is 10.7. The number of hydrogen-bond acceptors (Lipinski definition) is 3. The van der Waals surface area contributed by atoms with Crippen LogP contribution in [0.3, 0.4) is 0 Å². The molecule has 19 heavy (non-hydrogen) atoms. The van der Waals surface area contributed by atoms with E-state index in [0.29, 0.717) is 17.4 Å². The molecule has 0 aliphatic carbocycles. The summed E-state index contributed by atoms with van der Waals surface area (Å²) in [5, 5.41) is 11.1. The van der Waals surface area contributed by atoms with E-state index >= 15 is 0 Å². The van der Waals surface area contributed by atoms with Gasteiger partial charge in [-0.05, 0) is 25.5 Å². The molecule has 0 aliphatic heterocycles. The summed E-state index contributed by atoms with van der Waals surface area (Å²) < 4.78 is 0. The van der Waals surface area contributed by atoms with Crippen molar-refractivity contribution in [3.8, 4) is 11.1 Å². The highest BCUT2D eigenvalue weighted by Gasteiger charge is 2.16. The number of nitro groups is 1. The third kappa shape index (κ3) is 2.68. The van der Waals surface area contributed by atoms with Gasteiger partial charge >= 0.3 is 0 Å². The van der Waals surface area contributed by atoms with Gasteiger partial charge in [-0.15, -0.1) is 0 Å². The standard InChI is InChI=1S/C15H13NO3/c1-10-5-11(2)7-13(6-10)14-4-3-12(9-17)8-15(14)16(18)19/h3-9H,1-2H3. The number of hydrogen-bond donors (Lipinski definition) is 0. The minimum absolute atomic E-state index is 0.0467. The summed E-state index contributed by atoms with van der Waals surface area (Å²) in [6, 6.07) is 10.3. The van der Waals surface area contributed by atoms with Crippen molar-refractivity contribution in [1.82, 2.24) is 0 Å².